The van der Waals surface area contributed by atoms with Crippen LogP contribution in [0.2, 0.25) is 0 Å². The van der Waals surface area contributed by atoms with Crippen LogP contribution in [0.4, 0.5) is 0 Å². The van der Waals surface area contributed by atoms with Crippen molar-refractivity contribution in [3.8, 4) is 0 Å². The number of hydrogen-bond donors (Lipinski definition) is 0. The Morgan fingerprint density at radius 1 is 0.917 bits per heavy atom. The van der Waals surface area contributed by atoms with E-state index in [4.69, 9.17) is 4.74 Å². The third-order valence-electron chi connectivity index (χ3n) is 0.739. The fraction of sp³-hybridized carbons (Fsp3) is 1.00. The van der Waals surface area contributed by atoms with Gasteiger partial charge >= 0.3 is 0 Å². The predicted octanol–water partition coefficient (Wildman–Crippen LogP) is 4.26. The van der Waals surface area contributed by atoms with Crippen molar-refractivity contribution in [3.05, 3.63) is 0 Å². The van der Waals surface area contributed by atoms with Crippen LogP contribution in [0.1, 0.15) is 61.8 Å². The molecule has 0 unspecified atom stereocenters. The molecule has 1 nitrogen and oxygen atoms in total. The second kappa shape index (κ2) is 13.5. The molecule has 0 aliphatic heterocycles. The van der Waals surface area contributed by atoms with Gasteiger partial charge in [-0.15, -0.1) is 0 Å². The highest BCUT2D eigenvalue weighted by molar-refractivity contribution is 4.57. The zero-order chi connectivity index (χ0) is 10.6. The molecule has 0 fully saturated rings. The minimum absolute atomic E-state index is 0.0516. The van der Waals surface area contributed by atoms with Crippen molar-refractivity contribution < 1.29 is 4.74 Å². The van der Waals surface area contributed by atoms with Crippen molar-refractivity contribution in [1.82, 2.24) is 0 Å². The maximum atomic E-state index is 5.38. The summed E-state index contributed by atoms with van der Waals surface area (Å²) < 4.78 is 5.38. The molecule has 0 spiro atoms. The Hall–Kier alpha value is -0.0400. The Morgan fingerprint density at radius 2 is 1.25 bits per heavy atom. The van der Waals surface area contributed by atoms with Crippen LogP contribution >= 0.6 is 0 Å². The first kappa shape index (κ1) is 17.9. The maximum absolute atomic E-state index is 5.38. The summed E-state index contributed by atoms with van der Waals surface area (Å²) >= 11 is 0. The molecule has 0 rings (SSSR count). The van der Waals surface area contributed by atoms with Gasteiger partial charge < -0.3 is 4.74 Å². The van der Waals surface area contributed by atoms with E-state index in [9.17, 15) is 0 Å². The van der Waals surface area contributed by atoms with Crippen molar-refractivity contribution in [2.24, 2.45) is 0 Å². The lowest BCUT2D eigenvalue weighted by Gasteiger charge is -2.18. The number of ether oxygens (including phenoxy) is 1. The first-order valence-corrected chi connectivity index (χ1v) is 5.20. The molecule has 0 aromatic heterocycles. The van der Waals surface area contributed by atoms with Crippen molar-refractivity contribution in [2.75, 3.05) is 6.61 Å². The average molecular weight is 176 g/mol. The summed E-state index contributed by atoms with van der Waals surface area (Å²) in [4.78, 5) is 0. The quantitative estimate of drug-likeness (QED) is 0.610. The summed E-state index contributed by atoms with van der Waals surface area (Å²) in [5, 5.41) is 0. The van der Waals surface area contributed by atoms with Crippen LogP contribution in [0.15, 0.2) is 0 Å². The van der Waals surface area contributed by atoms with Crippen LogP contribution in [0.25, 0.3) is 0 Å². The van der Waals surface area contributed by atoms with Crippen LogP contribution in [-0.4, -0.2) is 12.2 Å². The van der Waals surface area contributed by atoms with Gasteiger partial charge in [0.2, 0.25) is 0 Å². The van der Waals surface area contributed by atoms with Crippen LogP contribution in [0.3, 0.4) is 0 Å². The molecule has 1 heteroatoms. The van der Waals surface area contributed by atoms with E-state index >= 15 is 0 Å². The van der Waals surface area contributed by atoms with Gasteiger partial charge in [-0.25, -0.2) is 0 Å². The monoisotopic (exact) mass is 176 g/mol. The molecule has 0 radical (unpaired) electrons. The van der Waals surface area contributed by atoms with Gasteiger partial charge in [0, 0.05) is 6.61 Å². The molecule has 0 amide bonds. The second-order valence-corrected chi connectivity index (χ2v) is 2.96. The fourth-order valence-electron chi connectivity index (χ4n) is 0.408. The normalized spacial score (nSPS) is 9.00. The summed E-state index contributed by atoms with van der Waals surface area (Å²) in [5.41, 5.74) is 0.0516. The van der Waals surface area contributed by atoms with E-state index in [0.29, 0.717) is 0 Å². The second-order valence-electron chi connectivity index (χ2n) is 2.96. The maximum Gasteiger partial charge on any atom is 0.0598 e. The van der Waals surface area contributed by atoms with Crippen LogP contribution in [-0.2, 0) is 4.74 Å². The van der Waals surface area contributed by atoms with E-state index < -0.39 is 0 Å². The van der Waals surface area contributed by atoms with E-state index in [2.05, 4.69) is 27.7 Å². The summed E-state index contributed by atoms with van der Waals surface area (Å²) in [6.07, 6.45) is 1.11. The van der Waals surface area contributed by atoms with E-state index in [0.717, 1.165) is 13.0 Å². The van der Waals surface area contributed by atoms with Gasteiger partial charge in [-0.2, -0.15) is 0 Å². The summed E-state index contributed by atoms with van der Waals surface area (Å²) in [6.45, 7) is 17.2. The van der Waals surface area contributed by atoms with Gasteiger partial charge in [0.1, 0.15) is 0 Å². The molecule has 0 bridgehead atoms. The molecule has 0 saturated carbocycles. The van der Waals surface area contributed by atoms with Gasteiger partial charge in [-0.1, -0.05) is 34.6 Å². The smallest absolute Gasteiger partial charge is 0.0598 e. The predicted molar refractivity (Wildman–Crippen MR) is 58.7 cm³/mol. The highest BCUT2D eigenvalue weighted by atomic mass is 16.5. The highest BCUT2D eigenvalue weighted by Gasteiger charge is 2.07. The van der Waals surface area contributed by atoms with E-state index in [1.165, 1.54) is 0 Å². The third kappa shape index (κ3) is 32.5. The van der Waals surface area contributed by atoms with Crippen molar-refractivity contribution in [3.63, 3.8) is 0 Å². The van der Waals surface area contributed by atoms with Crippen LogP contribution in [0.5, 0.6) is 0 Å². The summed E-state index contributed by atoms with van der Waals surface area (Å²) in [7, 11) is 0. The Kier molecular flexibility index (Phi) is 20.2. The Morgan fingerprint density at radius 3 is 1.33 bits per heavy atom. The lowest BCUT2D eigenvalue weighted by Crippen LogP contribution is -2.19. The molecular weight excluding hydrogens is 148 g/mol. The molecule has 0 aromatic carbocycles. The Labute approximate surface area is 79.5 Å². The van der Waals surface area contributed by atoms with Gasteiger partial charge in [0.15, 0.2) is 0 Å². The van der Waals surface area contributed by atoms with E-state index in [-0.39, 0.29) is 5.60 Å². The Bertz CT molecular complexity index is 52.5. The minimum Gasteiger partial charge on any atom is -0.376 e. The minimum atomic E-state index is 0.0516. The molecule has 12 heavy (non-hydrogen) atoms. The number of rotatable bonds is 2. The highest BCUT2D eigenvalue weighted by Crippen LogP contribution is 2.05. The molecule has 0 aromatic rings. The van der Waals surface area contributed by atoms with E-state index in [1.54, 1.807) is 0 Å². The zero-order valence-corrected chi connectivity index (χ0v) is 10.3. The SMILES string of the molecule is CC.CC.CCCOC(C)(C)C. The van der Waals surface area contributed by atoms with Crippen molar-refractivity contribution in [1.29, 1.82) is 0 Å². The molecule has 0 heterocycles. The summed E-state index contributed by atoms with van der Waals surface area (Å²) in [6, 6.07) is 0. The average Bonchev–Trinajstić information content (AvgIpc) is 2.07. The number of hydrogen-bond acceptors (Lipinski definition) is 1. The van der Waals surface area contributed by atoms with Gasteiger partial charge in [-0.05, 0) is 27.2 Å². The van der Waals surface area contributed by atoms with Crippen molar-refractivity contribution in [2.45, 2.75) is 67.4 Å². The molecule has 0 aliphatic carbocycles. The molecular formula is C11H28O. The first-order valence-electron chi connectivity index (χ1n) is 5.20. The van der Waals surface area contributed by atoms with Crippen LogP contribution in [0, 0.1) is 0 Å². The molecule has 0 atom stereocenters. The van der Waals surface area contributed by atoms with Gasteiger partial charge in [-0.3, -0.25) is 0 Å². The molecule has 78 valence electrons. The van der Waals surface area contributed by atoms with Crippen molar-refractivity contribution >= 4 is 0 Å². The van der Waals surface area contributed by atoms with Crippen LogP contribution < -0.4 is 0 Å². The molecule has 0 aliphatic rings. The topological polar surface area (TPSA) is 9.23 Å². The zero-order valence-electron chi connectivity index (χ0n) is 10.3. The molecule has 0 N–H and O–H groups in total. The lowest BCUT2D eigenvalue weighted by atomic mass is 10.2. The van der Waals surface area contributed by atoms with Gasteiger partial charge in [0.05, 0.1) is 5.60 Å². The summed E-state index contributed by atoms with van der Waals surface area (Å²) in [5.74, 6) is 0. The first-order chi connectivity index (χ1) is 5.56. The third-order valence-corrected chi connectivity index (χ3v) is 0.739. The standard InChI is InChI=1S/C7H16O.2C2H6/c1-5-6-8-7(2,3)4;2*1-2/h5-6H2,1-4H3;2*1-2H3. The Balaban J connectivity index is -0.000000175. The van der Waals surface area contributed by atoms with Gasteiger partial charge in [0.25, 0.3) is 0 Å². The largest absolute Gasteiger partial charge is 0.376 e. The molecule has 0 saturated heterocycles. The fourth-order valence-corrected chi connectivity index (χ4v) is 0.408. The van der Waals surface area contributed by atoms with E-state index in [1.807, 2.05) is 27.7 Å². The lowest BCUT2D eigenvalue weighted by molar-refractivity contribution is -0.00236.